The van der Waals surface area contributed by atoms with Crippen molar-refractivity contribution >= 4 is 17.3 Å². The highest BCUT2D eigenvalue weighted by Crippen LogP contribution is 2.25. The zero-order chi connectivity index (χ0) is 13.1. The smallest absolute Gasteiger partial charge is 0.123 e. The minimum Gasteiger partial charge on any atom is -0.374 e. The number of halogens is 2. The topological polar surface area (TPSA) is 6.48 Å². The maximum Gasteiger partial charge on any atom is 0.123 e. The van der Waals surface area contributed by atoms with Gasteiger partial charge in [0.15, 0.2) is 0 Å². The van der Waals surface area contributed by atoms with Gasteiger partial charge in [-0.3, -0.25) is 0 Å². The van der Waals surface area contributed by atoms with Gasteiger partial charge in [-0.05, 0) is 49.7 Å². The summed E-state index contributed by atoms with van der Waals surface area (Å²) >= 11 is 5.89. The van der Waals surface area contributed by atoms with Gasteiger partial charge in [0, 0.05) is 31.7 Å². The molecule has 2 nitrogen and oxygen atoms in total. The molecule has 0 spiro atoms. The first-order valence-corrected chi connectivity index (χ1v) is 6.87. The number of anilines is 1. The van der Waals surface area contributed by atoms with Crippen molar-refractivity contribution in [1.29, 1.82) is 0 Å². The molecule has 1 aromatic rings. The molecule has 1 heterocycles. The average Bonchev–Trinajstić information content (AvgIpc) is 2.74. The first-order valence-electron chi connectivity index (χ1n) is 6.34. The number of alkyl halides is 1. The summed E-state index contributed by atoms with van der Waals surface area (Å²) < 4.78 is 13.2. The SMILES string of the molecule is CN1CCC(CN(C)c2ccc(F)cc2CCl)C1. The third-order valence-corrected chi connectivity index (χ3v) is 3.91. The van der Waals surface area contributed by atoms with E-state index in [2.05, 4.69) is 23.9 Å². The second-order valence-corrected chi connectivity index (χ2v) is 5.47. The number of likely N-dealkylation sites (tertiary alicyclic amines) is 1. The van der Waals surface area contributed by atoms with E-state index in [4.69, 9.17) is 11.6 Å². The Bertz CT molecular complexity index is 411. The molecule has 0 bridgehead atoms. The molecule has 0 aromatic heterocycles. The molecular weight excluding hydrogens is 251 g/mol. The molecule has 0 amide bonds. The molecule has 2 rings (SSSR count). The lowest BCUT2D eigenvalue weighted by atomic mass is 10.1. The van der Waals surface area contributed by atoms with E-state index < -0.39 is 0 Å². The Morgan fingerprint density at radius 1 is 1.50 bits per heavy atom. The lowest BCUT2D eigenvalue weighted by molar-refractivity contribution is 0.396. The van der Waals surface area contributed by atoms with Crippen LogP contribution in [0.1, 0.15) is 12.0 Å². The van der Waals surface area contributed by atoms with Crippen molar-refractivity contribution in [3.8, 4) is 0 Å². The molecule has 1 aliphatic rings. The highest BCUT2D eigenvalue weighted by Gasteiger charge is 2.21. The van der Waals surface area contributed by atoms with Crippen molar-refractivity contribution in [2.24, 2.45) is 5.92 Å². The lowest BCUT2D eigenvalue weighted by Crippen LogP contribution is -2.27. The monoisotopic (exact) mass is 270 g/mol. The van der Waals surface area contributed by atoms with Gasteiger partial charge in [-0.25, -0.2) is 4.39 Å². The van der Waals surface area contributed by atoms with Crippen molar-refractivity contribution in [2.75, 3.05) is 38.6 Å². The fourth-order valence-electron chi connectivity index (χ4n) is 2.69. The van der Waals surface area contributed by atoms with E-state index >= 15 is 0 Å². The molecule has 100 valence electrons. The van der Waals surface area contributed by atoms with E-state index in [-0.39, 0.29) is 5.82 Å². The van der Waals surface area contributed by atoms with Crippen molar-refractivity contribution in [3.63, 3.8) is 0 Å². The van der Waals surface area contributed by atoms with Crippen LogP contribution in [0.5, 0.6) is 0 Å². The lowest BCUT2D eigenvalue weighted by Gasteiger charge is -2.25. The maximum absolute atomic E-state index is 13.2. The highest BCUT2D eigenvalue weighted by molar-refractivity contribution is 6.17. The predicted molar refractivity (Wildman–Crippen MR) is 74.8 cm³/mol. The Morgan fingerprint density at radius 3 is 2.89 bits per heavy atom. The molecule has 1 aliphatic heterocycles. The van der Waals surface area contributed by atoms with E-state index in [1.165, 1.54) is 25.1 Å². The predicted octanol–water partition coefficient (Wildman–Crippen LogP) is 2.95. The van der Waals surface area contributed by atoms with Crippen LogP contribution in [-0.4, -0.2) is 38.6 Å². The van der Waals surface area contributed by atoms with E-state index in [1.54, 1.807) is 0 Å². The van der Waals surface area contributed by atoms with E-state index in [0.29, 0.717) is 11.8 Å². The summed E-state index contributed by atoms with van der Waals surface area (Å²) in [5.74, 6) is 0.818. The molecule has 0 N–H and O–H groups in total. The van der Waals surface area contributed by atoms with Gasteiger partial charge in [-0.2, -0.15) is 0 Å². The molecule has 0 aliphatic carbocycles. The summed E-state index contributed by atoms with van der Waals surface area (Å²) in [6.07, 6.45) is 1.23. The minimum absolute atomic E-state index is 0.219. The molecule has 4 heteroatoms. The Balaban J connectivity index is 2.06. The molecular formula is C14H20ClFN2. The zero-order valence-electron chi connectivity index (χ0n) is 11.0. The van der Waals surface area contributed by atoms with Gasteiger partial charge in [-0.1, -0.05) is 0 Å². The number of hydrogen-bond acceptors (Lipinski definition) is 2. The molecule has 0 saturated carbocycles. The van der Waals surface area contributed by atoms with Gasteiger partial charge in [-0.15, -0.1) is 11.6 Å². The van der Waals surface area contributed by atoms with Crippen LogP contribution in [0, 0.1) is 11.7 Å². The van der Waals surface area contributed by atoms with Crippen LogP contribution >= 0.6 is 11.6 Å². The zero-order valence-corrected chi connectivity index (χ0v) is 11.8. The number of nitrogens with zero attached hydrogens (tertiary/aromatic N) is 2. The Morgan fingerprint density at radius 2 is 2.28 bits per heavy atom. The molecule has 1 saturated heterocycles. The van der Waals surface area contributed by atoms with Crippen LogP contribution in [0.2, 0.25) is 0 Å². The largest absolute Gasteiger partial charge is 0.374 e. The molecule has 18 heavy (non-hydrogen) atoms. The molecule has 0 radical (unpaired) electrons. The van der Waals surface area contributed by atoms with Gasteiger partial charge in [0.2, 0.25) is 0 Å². The van der Waals surface area contributed by atoms with Gasteiger partial charge >= 0.3 is 0 Å². The van der Waals surface area contributed by atoms with Crippen LogP contribution in [-0.2, 0) is 5.88 Å². The van der Waals surface area contributed by atoms with E-state index in [0.717, 1.165) is 24.3 Å². The minimum atomic E-state index is -0.219. The standard InChI is InChI=1S/C14H20ClFN2/c1-17-6-5-11(9-17)10-18(2)14-4-3-13(16)7-12(14)8-15/h3-4,7,11H,5-6,8-10H2,1-2H3. The first kappa shape index (κ1) is 13.6. The van der Waals surface area contributed by atoms with Crippen LogP contribution in [0.3, 0.4) is 0 Å². The summed E-state index contributed by atoms with van der Waals surface area (Å²) in [4.78, 5) is 4.55. The van der Waals surface area contributed by atoms with Gasteiger partial charge in [0.25, 0.3) is 0 Å². The summed E-state index contributed by atoms with van der Waals surface area (Å²) in [6.45, 7) is 3.31. The third-order valence-electron chi connectivity index (χ3n) is 3.62. The fourth-order valence-corrected chi connectivity index (χ4v) is 2.91. The second kappa shape index (κ2) is 5.89. The fraction of sp³-hybridized carbons (Fsp3) is 0.571. The number of benzene rings is 1. The van der Waals surface area contributed by atoms with Gasteiger partial charge < -0.3 is 9.80 Å². The van der Waals surface area contributed by atoms with Gasteiger partial charge in [0.1, 0.15) is 5.82 Å². The average molecular weight is 271 g/mol. The second-order valence-electron chi connectivity index (χ2n) is 5.20. The molecule has 1 unspecified atom stereocenters. The van der Waals surface area contributed by atoms with Crippen LogP contribution < -0.4 is 4.90 Å². The van der Waals surface area contributed by atoms with E-state index in [1.807, 2.05) is 6.07 Å². The summed E-state index contributed by atoms with van der Waals surface area (Å²) in [5, 5.41) is 0. The molecule has 1 fully saturated rings. The van der Waals surface area contributed by atoms with Crippen LogP contribution in [0.15, 0.2) is 18.2 Å². The van der Waals surface area contributed by atoms with Crippen molar-refractivity contribution in [3.05, 3.63) is 29.6 Å². The number of hydrogen-bond donors (Lipinski definition) is 0. The first-order chi connectivity index (χ1) is 8.60. The summed E-state index contributed by atoms with van der Waals surface area (Å²) in [7, 11) is 4.21. The Kier molecular flexibility index (Phi) is 4.46. The summed E-state index contributed by atoms with van der Waals surface area (Å²) in [6, 6.07) is 4.86. The quantitative estimate of drug-likeness (QED) is 0.776. The Labute approximate surface area is 113 Å². The van der Waals surface area contributed by atoms with Crippen molar-refractivity contribution < 1.29 is 4.39 Å². The molecule has 1 aromatic carbocycles. The maximum atomic E-state index is 13.2. The van der Waals surface area contributed by atoms with Crippen molar-refractivity contribution in [1.82, 2.24) is 4.90 Å². The van der Waals surface area contributed by atoms with E-state index in [9.17, 15) is 4.39 Å². The van der Waals surface area contributed by atoms with Crippen molar-refractivity contribution in [2.45, 2.75) is 12.3 Å². The summed E-state index contributed by atoms with van der Waals surface area (Å²) in [5.41, 5.74) is 1.91. The normalized spacial score (nSPS) is 20.3. The molecule has 1 atom stereocenters. The van der Waals surface area contributed by atoms with Crippen LogP contribution in [0.25, 0.3) is 0 Å². The highest BCUT2D eigenvalue weighted by atomic mass is 35.5. The third kappa shape index (κ3) is 3.15. The Hall–Kier alpha value is -0.800. The van der Waals surface area contributed by atoms with Gasteiger partial charge in [0.05, 0.1) is 0 Å². The number of rotatable bonds is 4. The van der Waals surface area contributed by atoms with Crippen LogP contribution in [0.4, 0.5) is 10.1 Å².